The van der Waals surface area contributed by atoms with Crippen molar-refractivity contribution in [3.05, 3.63) is 53.6 Å². The fraction of sp³-hybridized carbons (Fsp3) is 0.200. The highest BCUT2D eigenvalue weighted by Crippen LogP contribution is 2.40. The molecule has 0 fully saturated rings. The van der Waals surface area contributed by atoms with E-state index in [4.69, 9.17) is 5.73 Å². The maximum absolute atomic E-state index is 5.84. The Balaban J connectivity index is 1.96. The third-order valence-corrected chi connectivity index (χ3v) is 3.47. The Bertz CT molecular complexity index is 575. The summed E-state index contributed by atoms with van der Waals surface area (Å²) in [6.45, 7) is 2.10. The Morgan fingerprint density at radius 3 is 2.56 bits per heavy atom. The lowest BCUT2D eigenvalue weighted by Crippen LogP contribution is -2.23. The number of nitrogens with two attached hydrogens (primary N) is 1. The summed E-state index contributed by atoms with van der Waals surface area (Å²) in [5, 5.41) is 3.52. The lowest BCUT2D eigenvalue weighted by atomic mass is 10.1. The Kier molecular flexibility index (Phi) is 2.40. The number of hydrogen-bond acceptors (Lipinski definition) is 3. The van der Waals surface area contributed by atoms with Crippen LogP contribution in [0.3, 0.4) is 0 Å². The van der Waals surface area contributed by atoms with Crippen LogP contribution in [0.2, 0.25) is 0 Å². The van der Waals surface area contributed by atoms with E-state index in [1.807, 2.05) is 18.2 Å². The Hall–Kier alpha value is -2.16. The van der Waals surface area contributed by atoms with Crippen LogP contribution in [0.15, 0.2) is 42.5 Å². The summed E-state index contributed by atoms with van der Waals surface area (Å²) >= 11 is 0. The van der Waals surface area contributed by atoms with Gasteiger partial charge >= 0.3 is 0 Å². The molecule has 2 aromatic rings. The minimum absolute atomic E-state index is 0.183. The first-order valence-corrected chi connectivity index (χ1v) is 6.10. The summed E-state index contributed by atoms with van der Waals surface area (Å²) in [4.78, 5) is 2.22. The van der Waals surface area contributed by atoms with E-state index in [-0.39, 0.29) is 6.17 Å². The second-order valence-electron chi connectivity index (χ2n) is 4.85. The summed E-state index contributed by atoms with van der Waals surface area (Å²) in [6.07, 6.45) is 0.183. The molecule has 1 heterocycles. The number of anilines is 3. The first-order valence-electron chi connectivity index (χ1n) is 6.10. The van der Waals surface area contributed by atoms with E-state index in [2.05, 4.69) is 48.5 Å². The number of nitrogens with zero attached hydrogens (tertiary/aromatic N) is 1. The van der Waals surface area contributed by atoms with Gasteiger partial charge in [0.15, 0.2) is 0 Å². The van der Waals surface area contributed by atoms with Gasteiger partial charge in [-0.05, 0) is 30.7 Å². The summed E-state index contributed by atoms with van der Waals surface area (Å²) < 4.78 is 0. The van der Waals surface area contributed by atoms with Crippen molar-refractivity contribution in [2.24, 2.45) is 0 Å². The van der Waals surface area contributed by atoms with Gasteiger partial charge in [-0.1, -0.05) is 29.8 Å². The largest absolute Gasteiger partial charge is 0.399 e. The number of nitrogens with one attached hydrogen (secondary N) is 1. The van der Waals surface area contributed by atoms with E-state index in [1.54, 1.807) is 0 Å². The predicted octanol–water partition coefficient (Wildman–Crippen LogP) is 3.14. The number of hydrogen-bond donors (Lipinski definition) is 2. The van der Waals surface area contributed by atoms with Gasteiger partial charge < -0.3 is 16.0 Å². The molecule has 0 aromatic heterocycles. The summed E-state index contributed by atoms with van der Waals surface area (Å²) in [6, 6.07) is 14.6. The molecular weight excluding hydrogens is 222 g/mol. The molecule has 2 aromatic carbocycles. The number of fused-ring (bicyclic) bond motifs is 1. The first-order chi connectivity index (χ1) is 8.65. The molecule has 3 N–H and O–H groups in total. The summed E-state index contributed by atoms with van der Waals surface area (Å²) in [5.74, 6) is 0. The molecular formula is C15H17N3. The third kappa shape index (κ3) is 1.68. The first kappa shape index (κ1) is 11.0. The lowest BCUT2D eigenvalue weighted by molar-refractivity contribution is 0.792. The third-order valence-electron chi connectivity index (χ3n) is 3.47. The van der Waals surface area contributed by atoms with Crippen LogP contribution in [0.25, 0.3) is 0 Å². The molecule has 1 aliphatic heterocycles. The predicted molar refractivity (Wildman–Crippen MR) is 76.8 cm³/mol. The highest BCUT2D eigenvalue weighted by molar-refractivity contribution is 5.79. The van der Waals surface area contributed by atoms with Gasteiger partial charge in [0.2, 0.25) is 0 Å². The SMILES string of the molecule is Cc1ccc(C2Nc3ccc(N)cc3N2C)cc1. The van der Waals surface area contributed by atoms with Crippen molar-refractivity contribution in [2.75, 3.05) is 23.0 Å². The van der Waals surface area contributed by atoms with Crippen molar-refractivity contribution in [3.63, 3.8) is 0 Å². The molecule has 0 saturated heterocycles. The van der Waals surface area contributed by atoms with Crippen LogP contribution in [0, 0.1) is 6.92 Å². The van der Waals surface area contributed by atoms with Gasteiger partial charge in [-0.3, -0.25) is 0 Å². The Labute approximate surface area is 107 Å². The number of benzene rings is 2. The quantitative estimate of drug-likeness (QED) is 0.751. The smallest absolute Gasteiger partial charge is 0.125 e. The van der Waals surface area contributed by atoms with E-state index in [0.717, 1.165) is 17.1 Å². The number of rotatable bonds is 1. The van der Waals surface area contributed by atoms with Crippen molar-refractivity contribution in [1.82, 2.24) is 0 Å². The van der Waals surface area contributed by atoms with Crippen molar-refractivity contribution in [1.29, 1.82) is 0 Å². The highest BCUT2D eigenvalue weighted by Gasteiger charge is 2.26. The average molecular weight is 239 g/mol. The van der Waals surface area contributed by atoms with Crippen LogP contribution in [0.5, 0.6) is 0 Å². The van der Waals surface area contributed by atoms with E-state index < -0.39 is 0 Å². The van der Waals surface area contributed by atoms with E-state index in [9.17, 15) is 0 Å². The van der Waals surface area contributed by atoms with Crippen LogP contribution >= 0.6 is 0 Å². The number of aryl methyl sites for hydroxylation is 1. The van der Waals surface area contributed by atoms with Crippen LogP contribution in [-0.2, 0) is 0 Å². The van der Waals surface area contributed by atoms with Gasteiger partial charge in [-0.2, -0.15) is 0 Å². The molecule has 1 unspecified atom stereocenters. The Morgan fingerprint density at radius 2 is 1.83 bits per heavy atom. The van der Waals surface area contributed by atoms with Gasteiger partial charge in [-0.25, -0.2) is 0 Å². The summed E-state index contributed by atoms with van der Waals surface area (Å²) in [7, 11) is 2.09. The van der Waals surface area contributed by atoms with Crippen molar-refractivity contribution < 1.29 is 0 Å². The second kappa shape index (κ2) is 3.95. The molecule has 0 spiro atoms. The van der Waals surface area contributed by atoms with Gasteiger partial charge in [0, 0.05) is 12.7 Å². The van der Waals surface area contributed by atoms with Gasteiger partial charge in [0.05, 0.1) is 11.4 Å². The molecule has 1 aliphatic rings. The topological polar surface area (TPSA) is 41.3 Å². The lowest BCUT2D eigenvalue weighted by Gasteiger charge is -2.22. The molecule has 3 heteroatoms. The molecule has 18 heavy (non-hydrogen) atoms. The van der Waals surface area contributed by atoms with E-state index >= 15 is 0 Å². The fourth-order valence-corrected chi connectivity index (χ4v) is 2.40. The maximum atomic E-state index is 5.84. The average Bonchev–Trinajstić information content (AvgIpc) is 2.68. The van der Waals surface area contributed by atoms with Crippen LogP contribution in [0.4, 0.5) is 17.1 Å². The molecule has 92 valence electrons. The monoisotopic (exact) mass is 239 g/mol. The van der Waals surface area contributed by atoms with E-state index in [0.29, 0.717) is 0 Å². The van der Waals surface area contributed by atoms with Gasteiger partial charge in [0.25, 0.3) is 0 Å². The van der Waals surface area contributed by atoms with Crippen LogP contribution < -0.4 is 16.0 Å². The standard InChI is InChI=1S/C15H17N3/c1-10-3-5-11(6-4-10)15-17-13-8-7-12(16)9-14(13)18(15)2/h3-9,15,17H,16H2,1-2H3. The normalized spacial score (nSPS) is 17.4. The van der Waals surface area contributed by atoms with Gasteiger partial charge in [-0.15, -0.1) is 0 Å². The zero-order valence-electron chi connectivity index (χ0n) is 10.6. The molecule has 3 rings (SSSR count). The van der Waals surface area contributed by atoms with Crippen LogP contribution in [-0.4, -0.2) is 7.05 Å². The van der Waals surface area contributed by atoms with Gasteiger partial charge in [0.1, 0.15) is 6.17 Å². The van der Waals surface area contributed by atoms with Crippen molar-refractivity contribution >= 4 is 17.1 Å². The molecule has 1 atom stereocenters. The zero-order valence-corrected chi connectivity index (χ0v) is 10.6. The molecule has 0 bridgehead atoms. The molecule has 0 saturated carbocycles. The van der Waals surface area contributed by atoms with E-state index in [1.165, 1.54) is 11.1 Å². The zero-order chi connectivity index (χ0) is 12.7. The second-order valence-corrected chi connectivity index (χ2v) is 4.85. The summed E-state index contributed by atoms with van der Waals surface area (Å²) in [5.41, 5.74) is 11.5. The fourth-order valence-electron chi connectivity index (χ4n) is 2.40. The number of nitrogen functional groups attached to an aromatic ring is 1. The Morgan fingerprint density at radius 1 is 1.11 bits per heavy atom. The molecule has 3 nitrogen and oxygen atoms in total. The maximum Gasteiger partial charge on any atom is 0.125 e. The van der Waals surface area contributed by atoms with Crippen molar-refractivity contribution in [2.45, 2.75) is 13.1 Å². The molecule has 0 aliphatic carbocycles. The minimum Gasteiger partial charge on any atom is -0.399 e. The van der Waals surface area contributed by atoms with Crippen LogP contribution in [0.1, 0.15) is 17.3 Å². The molecule has 0 amide bonds. The minimum atomic E-state index is 0.183. The van der Waals surface area contributed by atoms with Crippen molar-refractivity contribution in [3.8, 4) is 0 Å². The highest BCUT2D eigenvalue weighted by atomic mass is 15.3. The molecule has 0 radical (unpaired) electrons.